The van der Waals surface area contributed by atoms with E-state index in [1.165, 1.54) is 0 Å². The van der Waals surface area contributed by atoms with Crippen molar-refractivity contribution in [2.24, 2.45) is 7.05 Å². The molecule has 0 spiro atoms. The molecule has 0 aliphatic carbocycles. The molecule has 18 heavy (non-hydrogen) atoms. The molecule has 102 valence electrons. The highest BCUT2D eigenvalue weighted by atomic mass is 32.2. The molecule has 0 aliphatic rings. The first-order valence-corrected chi connectivity index (χ1v) is 5.51. The minimum absolute atomic E-state index is 0.116. The van der Waals surface area contributed by atoms with E-state index in [4.69, 9.17) is 0 Å². The average molecular weight is 291 g/mol. The summed E-state index contributed by atoms with van der Waals surface area (Å²) in [5, 5.41) is 6.07. The molecule has 1 aromatic rings. The lowest BCUT2D eigenvalue weighted by atomic mass is 10.4. The van der Waals surface area contributed by atoms with Gasteiger partial charge in [-0.1, -0.05) is 11.8 Å². The van der Waals surface area contributed by atoms with Gasteiger partial charge in [-0.2, -0.15) is 22.0 Å². The molecule has 0 atom stereocenters. The fourth-order valence-electron chi connectivity index (χ4n) is 1.01. The maximum Gasteiger partial charge on any atom is 0.451 e. The predicted molar refractivity (Wildman–Crippen MR) is 51.7 cm³/mol. The minimum atomic E-state index is -4.64. The summed E-state index contributed by atoms with van der Waals surface area (Å²) in [6, 6.07) is 0. The Hall–Kier alpha value is -1.19. The Kier molecular flexibility index (Phi) is 4.65. The SMILES string of the molecule is Cn1c(SCCC(F)=C(F)F)nnc1C(F)(F)F. The summed E-state index contributed by atoms with van der Waals surface area (Å²) in [6.07, 6.45) is -7.65. The number of allylic oxidation sites excluding steroid dienone is 1. The smallest absolute Gasteiger partial charge is 0.302 e. The number of hydrogen-bond donors (Lipinski definition) is 0. The lowest BCUT2D eigenvalue weighted by Gasteiger charge is -2.05. The van der Waals surface area contributed by atoms with Crippen LogP contribution in [-0.4, -0.2) is 20.5 Å². The summed E-state index contributed by atoms with van der Waals surface area (Å²) in [5.41, 5.74) is 0. The Morgan fingerprint density at radius 3 is 2.28 bits per heavy atom. The lowest BCUT2D eigenvalue weighted by molar-refractivity contribution is -0.147. The van der Waals surface area contributed by atoms with Crippen LogP contribution in [0.1, 0.15) is 12.2 Å². The fraction of sp³-hybridized carbons (Fsp3) is 0.500. The zero-order valence-corrected chi connectivity index (χ0v) is 9.75. The van der Waals surface area contributed by atoms with Gasteiger partial charge in [-0.15, -0.1) is 10.2 Å². The van der Waals surface area contributed by atoms with Gasteiger partial charge in [0.05, 0.1) is 0 Å². The number of alkyl halides is 3. The van der Waals surface area contributed by atoms with E-state index in [9.17, 15) is 26.3 Å². The Labute approximate surface area is 102 Å². The molecular formula is C8H7F6N3S. The van der Waals surface area contributed by atoms with Gasteiger partial charge in [0.2, 0.25) is 5.82 Å². The van der Waals surface area contributed by atoms with Crippen molar-refractivity contribution < 1.29 is 26.3 Å². The van der Waals surface area contributed by atoms with Crippen LogP contribution in [-0.2, 0) is 13.2 Å². The standard InChI is InChI=1S/C8H7F6N3S/c1-17-6(8(12,13)14)15-16-7(17)18-3-2-4(9)5(10)11/h2-3H2,1H3. The molecule has 1 rings (SSSR count). The molecule has 0 amide bonds. The molecule has 3 nitrogen and oxygen atoms in total. The fourth-order valence-corrected chi connectivity index (χ4v) is 1.86. The van der Waals surface area contributed by atoms with Crippen LogP contribution in [0.4, 0.5) is 26.3 Å². The van der Waals surface area contributed by atoms with E-state index in [1.807, 2.05) is 0 Å². The van der Waals surface area contributed by atoms with Crippen LogP contribution in [0.25, 0.3) is 0 Å². The third kappa shape index (κ3) is 3.65. The van der Waals surface area contributed by atoms with Gasteiger partial charge < -0.3 is 4.57 Å². The summed E-state index contributed by atoms with van der Waals surface area (Å²) in [6.45, 7) is 0. The summed E-state index contributed by atoms with van der Waals surface area (Å²) in [5.74, 6) is -2.94. The first kappa shape index (κ1) is 14.9. The Balaban J connectivity index is 2.65. The normalized spacial score (nSPS) is 11.7. The van der Waals surface area contributed by atoms with Gasteiger partial charge in [0.1, 0.15) is 0 Å². The molecule has 0 N–H and O–H groups in total. The van der Waals surface area contributed by atoms with E-state index < -0.39 is 30.3 Å². The minimum Gasteiger partial charge on any atom is -0.302 e. The second kappa shape index (κ2) is 5.63. The first-order chi connectivity index (χ1) is 8.23. The van der Waals surface area contributed by atoms with Gasteiger partial charge in [0.15, 0.2) is 11.0 Å². The van der Waals surface area contributed by atoms with Crippen LogP contribution < -0.4 is 0 Å². The van der Waals surface area contributed by atoms with Crippen LogP contribution in [0.15, 0.2) is 17.1 Å². The third-order valence-electron chi connectivity index (χ3n) is 1.85. The van der Waals surface area contributed by atoms with Crippen LogP contribution in [0, 0.1) is 0 Å². The summed E-state index contributed by atoms with van der Waals surface area (Å²) >= 11 is 0.712. The number of thioether (sulfide) groups is 1. The monoisotopic (exact) mass is 291 g/mol. The molecular weight excluding hydrogens is 284 g/mol. The van der Waals surface area contributed by atoms with E-state index in [0.717, 1.165) is 7.05 Å². The molecule has 0 bridgehead atoms. The average Bonchev–Trinajstić information content (AvgIpc) is 2.59. The number of aromatic nitrogens is 3. The van der Waals surface area contributed by atoms with Crippen LogP contribution >= 0.6 is 11.8 Å². The van der Waals surface area contributed by atoms with Crippen molar-refractivity contribution in [3.8, 4) is 0 Å². The van der Waals surface area contributed by atoms with Crippen molar-refractivity contribution in [3.63, 3.8) is 0 Å². The quantitative estimate of drug-likeness (QED) is 0.629. The van der Waals surface area contributed by atoms with Gasteiger partial charge >= 0.3 is 12.3 Å². The summed E-state index contributed by atoms with van der Waals surface area (Å²) in [4.78, 5) is 0. The van der Waals surface area contributed by atoms with E-state index in [1.54, 1.807) is 0 Å². The van der Waals surface area contributed by atoms with Crippen molar-refractivity contribution in [2.75, 3.05) is 5.75 Å². The van der Waals surface area contributed by atoms with Crippen LogP contribution in [0.2, 0.25) is 0 Å². The Bertz CT molecular complexity index is 448. The van der Waals surface area contributed by atoms with Crippen molar-refractivity contribution in [1.82, 2.24) is 14.8 Å². The highest BCUT2D eigenvalue weighted by Gasteiger charge is 2.37. The maximum atomic E-state index is 12.4. The van der Waals surface area contributed by atoms with Gasteiger partial charge in [0.25, 0.3) is 0 Å². The van der Waals surface area contributed by atoms with E-state index in [-0.39, 0.29) is 10.9 Å². The second-order valence-electron chi connectivity index (χ2n) is 3.13. The van der Waals surface area contributed by atoms with E-state index >= 15 is 0 Å². The second-order valence-corrected chi connectivity index (χ2v) is 4.19. The van der Waals surface area contributed by atoms with E-state index in [2.05, 4.69) is 10.2 Å². The molecule has 0 saturated heterocycles. The number of nitrogens with zero attached hydrogens (tertiary/aromatic N) is 3. The molecule has 1 heterocycles. The molecule has 0 saturated carbocycles. The highest BCUT2D eigenvalue weighted by molar-refractivity contribution is 7.99. The predicted octanol–water partition coefficient (Wildman–Crippen LogP) is 3.39. The lowest BCUT2D eigenvalue weighted by Crippen LogP contribution is -2.13. The molecule has 0 fully saturated rings. The van der Waals surface area contributed by atoms with Crippen LogP contribution in [0.5, 0.6) is 0 Å². The Morgan fingerprint density at radius 2 is 1.83 bits per heavy atom. The summed E-state index contributed by atoms with van der Waals surface area (Å²) < 4.78 is 73.5. The number of rotatable bonds is 4. The molecule has 10 heteroatoms. The highest BCUT2D eigenvalue weighted by Crippen LogP contribution is 2.30. The van der Waals surface area contributed by atoms with Crippen LogP contribution in [0.3, 0.4) is 0 Å². The molecule has 1 aromatic heterocycles. The van der Waals surface area contributed by atoms with Crippen molar-refractivity contribution in [1.29, 1.82) is 0 Å². The zero-order valence-electron chi connectivity index (χ0n) is 8.93. The number of halogens is 6. The van der Waals surface area contributed by atoms with Gasteiger partial charge in [-0.3, -0.25) is 0 Å². The first-order valence-electron chi connectivity index (χ1n) is 4.52. The third-order valence-corrected chi connectivity index (χ3v) is 2.87. The van der Waals surface area contributed by atoms with Crippen molar-refractivity contribution in [3.05, 3.63) is 17.7 Å². The van der Waals surface area contributed by atoms with Gasteiger partial charge in [-0.05, 0) is 0 Å². The largest absolute Gasteiger partial charge is 0.451 e. The van der Waals surface area contributed by atoms with Crippen molar-refractivity contribution in [2.45, 2.75) is 17.8 Å². The van der Waals surface area contributed by atoms with E-state index in [0.29, 0.717) is 16.3 Å². The molecule has 0 radical (unpaired) electrons. The number of hydrogen-bond acceptors (Lipinski definition) is 3. The van der Waals surface area contributed by atoms with Crippen molar-refractivity contribution >= 4 is 11.8 Å². The zero-order chi connectivity index (χ0) is 13.9. The molecule has 0 aromatic carbocycles. The van der Waals surface area contributed by atoms with Gasteiger partial charge in [0, 0.05) is 19.2 Å². The Morgan fingerprint density at radius 1 is 1.22 bits per heavy atom. The molecule has 0 unspecified atom stereocenters. The van der Waals surface area contributed by atoms with Gasteiger partial charge in [-0.25, -0.2) is 4.39 Å². The topological polar surface area (TPSA) is 30.7 Å². The maximum absolute atomic E-state index is 12.4. The summed E-state index contributed by atoms with van der Waals surface area (Å²) in [7, 11) is 1.09. The molecule has 0 aliphatic heterocycles.